The van der Waals surface area contributed by atoms with Crippen molar-refractivity contribution < 1.29 is 9.53 Å². The van der Waals surface area contributed by atoms with Crippen LogP contribution in [0.15, 0.2) is 41.5 Å². The Morgan fingerprint density at radius 1 is 1.16 bits per heavy atom. The van der Waals surface area contributed by atoms with Crippen LogP contribution >= 0.6 is 0 Å². The highest BCUT2D eigenvalue weighted by Gasteiger charge is 2.61. The van der Waals surface area contributed by atoms with Crippen LogP contribution in [-0.4, -0.2) is 55.6 Å². The standard InChI is InChI=1S/C25H35N5O2/c1-24(2)18-8-10-25(24,3)22(16-18)27-23(31)21-9-11-26-17-30(21)28-19-4-6-20(7-5-19)29-12-14-32-15-13-29/h4-7,9,11,17-18,21-22,28H,8,10,12-16H2,1-3H3,(H,27,31). The van der Waals surface area contributed by atoms with Gasteiger partial charge in [-0.1, -0.05) is 20.8 Å². The molecule has 4 atom stereocenters. The van der Waals surface area contributed by atoms with Gasteiger partial charge in [-0.05, 0) is 66.4 Å². The number of morpholine rings is 1. The Bertz CT molecular complexity index is 905. The average molecular weight is 438 g/mol. The Labute approximate surface area is 190 Å². The molecule has 2 heterocycles. The van der Waals surface area contributed by atoms with Crippen LogP contribution in [0.1, 0.15) is 40.0 Å². The third-order valence-corrected chi connectivity index (χ3v) is 8.73. The van der Waals surface area contributed by atoms with Gasteiger partial charge in [-0.25, -0.2) is 4.99 Å². The third kappa shape index (κ3) is 3.56. The quantitative estimate of drug-likeness (QED) is 0.739. The van der Waals surface area contributed by atoms with Crippen LogP contribution in [-0.2, 0) is 9.53 Å². The normalized spacial score (nSPS) is 32.9. The van der Waals surface area contributed by atoms with Crippen LogP contribution in [0.2, 0.25) is 0 Å². The molecule has 5 rings (SSSR count). The first-order valence-corrected chi connectivity index (χ1v) is 11.9. The van der Waals surface area contributed by atoms with E-state index in [0.717, 1.165) is 38.4 Å². The van der Waals surface area contributed by atoms with Gasteiger partial charge in [0.2, 0.25) is 5.91 Å². The lowest BCUT2D eigenvalue weighted by atomic mass is 9.69. The molecule has 1 aromatic rings. The minimum absolute atomic E-state index is 0.0272. The zero-order chi connectivity index (χ0) is 22.3. The Morgan fingerprint density at radius 3 is 2.56 bits per heavy atom. The van der Waals surface area contributed by atoms with Crippen molar-refractivity contribution in [1.82, 2.24) is 10.3 Å². The van der Waals surface area contributed by atoms with E-state index >= 15 is 0 Å². The number of nitrogens with one attached hydrogen (secondary N) is 2. The Hall–Kier alpha value is -2.54. The first kappa shape index (κ1) is 21.3. The van der Waals surface area contributed by atoms with Gasteiger partial charge in [0.1, 0.15) is 12.4 Å². The second kappa shape index (κ2) is 8.10. The number of carbonyl (C=O) groups excluding carboxylic acids is 1. The van der Waals surface area contributed by atoms with Crippen LogP contribution in [0.4, 0.5) is 11.4 Å². The lowest BCUT2D eigenvalue weighted by molar-refractivity contribution is -0.125. The lowest BCUT2D eigenvalue weighted by Gasteiger charge is -2.40. The zero-order valence-electron chi connectivity index (χ0n) is 19.4. The number of nitrogens with zero attached hydrogens (tertiary/aromatic N) is 3. The highest BCUT2D eigenvalue weighted by Crippen LogP contribution is 2.65. The van der Waals surface area contributed by atoms with Gasteiger partial charge in [-0.2, -0.15) is 0 Å². The maximum atomic E-state index is 13.3. The van der Waals surface area contributed by atoms with Crippen LogP contribution < -0.4 is 15.6 Å². The summed E-state index contributed by atoms with van der Waals surface area (Å²) in [6.07, 6.45) is 8.79. The van der Waals surface area contributed by atoms with E-state index in [9.17, 15) is 4.79 Å². The lowest BCUT2D eigenvalue weighted by Crippen LogP contribution is -2.54. The fourth-order valence-corrected chi connectivity index (χ4v) is 6.11. The van der Waals surface area contributed by atoms with E-state index in [2.05, 4.69) is 53.5 Å². The molecular formula is C25H35N5O2. The largest absolute Gasteiger partial charge is 0.378 e. The smallest absolute Gasteiger partial charge is 0.249 e. The number of hydrogen-bond acceptors (Lipinski definition) is 6. The SMILES string of the molecule is CC1(C)C2CCC1(C)C(NC(=O)C1C=CN=CN1Nc1ccc(N3CCOCC3)cc1)C2. The number of anilines is 2. The van der Waals surface area contributed by atoms with Crippen molar-refractivity contribution >= 4 is 23.6 Å². The van der Waals surface area contributed by atoms with E-state index in [1.165, 1.54) is 18.5 Å². The molecule has 2 bridgehead atoms. The van der Waals surface area contributed by atoms with Gasteiger partial charge in [0, 0.05) is 31.0 Å². The van der Waals surface area contributed by atoms with Gasteiger partial charge in [-0.3, -0.25) is 15.2 Å². The molecule has 2 aliphatic heterocycles. The second-order valence-electron chi connectivity index (χ2n) is 10.4. The van der Waals surface area contributed by atoms with Crippen molar-refractivity contribution in [2.75, 3.05) is 36.6 Å². The maximum Gasteiger partial charge on any atom is 0.249 e. The molecule has 1 saturated heterocycles. The first-order valence-electron chi connectivity index (χ1n) is 11.9. The number of carbonyl (C=O) groups is 1. The summed E-state index contributed by atoms with van der Waals surface area (Å²) in [5.74, 6) is 0.722. The molecule has 7 heteroatoms. The summed E-state index contributed by atoms with van der Waals surface area (Å²) in [5.41, 5.74) is 5.90. The van der Waals surface area contributed by atoms with Crippen molar-refractivity contribution in [3.8, 4) is 0 Å². The fourth-order valence-electron chi connectivity index (χ4n) is 6.11. The molecule has 7 nitrogen and oxygen atoms in total. The van der Waals surface area contributed by atoms with E-state index in [-0.39, 0.29) is 22.8 Å². The number of hydrazine groups is 1. The van der Waals surface area contributed by atoms with E-state index in [0.29, 0.717) is 5.92 Å². The molecule has 172 valence electrons. The van der Waals surface area contributed by atoms with Gasteiger partial charge < -0.3 is 15.0 Å². The molecule has 2 N–H and O–H groups in total. The monoisotopic (exact) mass is 437 g/mol. The molecule has 4 unspecified atom stereocenters. The van der Waals surface area contributed by atoms with Crippen molar-refractivity contribution in [2.45, 2.75) is 52.1 Å². The minimum Gasteiger partial charge on any atom is -0.378 e. The molecular weight excluding hydrogens is 402 g/mol. The predicted molar refractivity (Wildman–Crippen MR) is 128 cm³/mol. The summed E-state index contributed by atoms with van der Waals surface area (Å²) in [6.45, 7) is 10.5. The predicted octanol–water partition coefficient (Wildman–Crippen LogP) is 3.41. The summed E-state index contributed by atoms with van der Waals surface area (Å²) >= 11 is 0. The maximum absolute atomic E-state index is 13.3. The second-order valence-corrected chi connectivity index (χ2v) is 10.4. The van der Waals surface area contributed by atoms with Gasteiger partial charge >= 0.3 is 0 Å². The van der Waals surface area contributed by atoms with E-state index < -0.39 is 6.04 Å². The molecule has 2 saturated carbocycles. The van der Waals surface area contributed by atoms with Gasteiger partial charge in [-0.15, -0.1) is 0 Å². The molecule has 1 aromatic carbocycles. The molecule has 0 spiro atoms. The van der Waals surface area contributed by atoms with Gasteiger partial charge in [0.25, 0.3) is 0 Å². The van der Waals surface area contributed by atoms with Crippen LogP contribution in [0.5, 0.6) is 0 Å². The average Bonchev–Trinajstić information content (AvgIpc) is 3.14. The summed E-state index contributed by atoms with van der Waals surface area (Å²) in [4.78, 5) is 19.9. The first-order chi connectivity index (χ1) is 15.4. The molecule has 1 amide bonds. The third-order valence-electron chi connectivity index (χ3n) is 8.73. The Balaban J connectivity index is 1.24. The molecule has 3 fully saturated rings. The summed E-state index contributed by atoms with van der Waals surface area (Å²) in [7, 11) is 0. The minimum atomic E-state index is -0.433. The van der Waals surface area contributed by atoms with Crippen molar-refractivity contribution in [3.63, 3.8) is 0 Å². The number of hydrogen-bond donors (Lipinski definition) is 2. The van der Waals surface area contributed by atoms with Crippen molar-refractivity contribution in [3.05, 3.63) is 36.5 Å². The van der Waals surface area contributed by atoms with E-state index in [4.69, 9.17) is 4.74 Å². The fraction of sp³-hybridized carbons (Fsp3) is 0.600. The van der Waals surface area contributed by atoms with Crippen LogP contribution in [0.3, 0.4) is 0 Å². The van der Waals surface area contributed by atoms with Gasteiger partial charge in [0.05, 0.1) is 18.9 Å². The zero-order valence-corrected chi connectivity index (χ0v) is 19.4. The molecule has 4 aliphatic rings. The van der Waals surface area contributed by atoms with E-state index in [1.54, 1.807) is 17.5 Å². The summed E-state index contributed by atoms with van der Waals surface area (Å²) < 4.78 is 5.44. The number of benzene rings is 1. The topological polar surface area (TPSA) is 69.2 Å². The van der Waals surface area contributed by atoms with Crippen LogP contribution in [0.25, 0.3) is 0 Å². The highest BCUT2D eigenvalue weighted by atomic mass is 16.5. The Kier molecular flexibility index (Phi) is 5.40. The van der Waals surface area contributed by atoms with Crippen molar-refractivity contribution in [2.24, 2.45) is 21.7 Å². The number of rotatable bonds is 5. The molecule has 32 heavy (non-hydrogen) atoms. The highest BCUT2D eigenvalue weighted by molar-refractivity contribution is 5.87. The summed E-state index contributed by atoms with van der Waals surface area (Å²) in [6, 6.07) is 8.11. The molecule has 0 aromatic heterocycles. The number of fused-ring (bicyclic) bond motifs is 2. The number of aliphatic imine (C=N–C) groups is 1. The summed E-state index contributed by atoms with van der Waals surface area (Å²) in [5, 5.41) is 5.18. The van der Waals surface area contributed by atoms with Gasteiger partial charge in [0.15, 0.2) is 0 Å². The number of amides is 1. The Morgan fingerprint density at radius 2 is 1.91 bits per heavy atom. The number of ether oxygens (including phenoxy) is 1. The van der Waals surface area contributed by atoms with E-state index in [1.807, 2.05) is 18.2 Å². The van der Waals surface area contributed by atoms with Crippen LogP contribution in [0, 0.1) is 16.7 Å². The molecule has 0 radical (unpaired) electrons. The van der Waals surface area contributed by atoms with Crippen molar-refractivity contribution in [1.29, 1.82) is 0 Å². The molecule has 2 aliphatic carbocycles.